The number of rotatable bonds is 7. The number of hydrogen-bond acceptors (Lipinski definition) is 4. The maximum atomic E-state index is 11.9. The van der Waals surface area contributed by atoms with Crippen LogP contribution in [0.1, 0.15) is 12.8 Å². The van der Waals surface area contributed by atoms with Crippen molar-refractivity contribution in [3.63, 3.8) is 0 Å². The molecule has 1 saturated heterocycles. The van der Waals surface area contributed by atoms with Gasteiger partial charge in [-0.15, -0.1) is 0 Å². The third-order valence-electron chi connectivity index (χ3n) is 4.16. The summed E-state index contributed by atoms with van der Waals surface area (Å²) in [5, 5.41) is 18.3. The average molecular weight is 334 g/mol. The summed E-state index contributed by atoms with van der Waals surface area (Å²) in [6.07, 6.45) is 1.59. The van der Waals surface area contributed by atoms with Crippen molar-refractivity contribution in [3.8, 4) is 0 Å². The number of carbonyl (C=O) groups is 1. The Morgan fingerprint density at radius 3 is 2.75 bits per heavy atom. The predicted molar refractivity (Wildman–Crippen MR) is 94.0 cm³/mol. The summed E-state index contributed by atoms with van der Waals surface area (Å²) in [5.41, 5.74) is 0.691. The van der Waals surface area contributed by atoms with Crippen LogP contribution in [0.15, 0.2) is 35.3 Å². The van der Waals surface area contributed by atoms with Gasteiger partial charge in [-0.25, -0.2) is 0 Å². The van der Waals surface area contributed by atoms with Gasteiger partial charge in [0.05, 0.1) is 13.2 Å². The number of hydrogen-bond donors (Lipinski definition) is 4. The second-order valence-corrected chi connectivity index (χ2v) is 5.97. The fraction of sp³-hybridized carbons (Fsp3) is 0.529. The van der Waals surface area contributed by atoms with Gasteiger partial charge in [0.25, 0.3) is 0 Å². The average Bonchev–Trinajstić information content (AvgIpc) is 3.05. The molecule has 1 aliphatic rings. The molecule has 7 nitrogen and oxygen atoms in total. The molecule has 1 unspecified atom stereocenters. The number of aliphatic imine (C=N–C) groups is 1. The smallest absolute Gasteiger partial charge is 0.243 e. The van der Waals surface area contributed by atoms with Crippen LogP contribution in [0, 0.1) is 5.41 Å². The van der Waals surface area contributed by atoms with Crippen LogP contribution in [0.5, 0.6) is 0 Å². The Balaban J connectivity index is 1.77. The first kappa shape index (κ1) is 18.2. The number of para-hydroxylation sites is 1. The molecule has 7 heteroatoms. The lowest BCUT2D eigenvalue weighted by Gasteiger charge is -2.27. The van der Waals surface area contributed by atoms with Crippen molar-refractivity contribution in [1.29, 1.82) is 0 Å². The number of benzene rings is 1. The molecule has 0 aliphatic carbocycles. The normalized spacial score (nSPS) is 20.7. The molecule has 1 fully saturated rings. The van der Waals surface area contributed by atoms with E-state index in [2.05, 4.69) is 20.9 Å². The molecule has 24 heavy (non-hydrogen) atoms. The van der Waals surface area contributed by atoms with E-state index in [0.29, 0.717) is 32.1 Å². The van der Waals surface area contributed by atoms with Gasteiger partial charge in [-0.05, 0) is 25.0 Å². The van der Waals surface area contributed by atoms with Crippen molar-refractivity contribution in [3.05, 3.63) is 30.3 Å². The summed E-state index contributed by atoms with van der Waals surface area (Å²) < 4.78 is 5.47. The van der Waals surface area contributed by atoms with Gasteiger partial charge in [0.1, 0.15) is 0 Å². The first-order valence-corrected chi connectivity index (χ1v) is 8.15. The number of aliphatic hydroxyl groups is 1. The van der Waals surface area contributed by atoms with Gasteiger partial charge < -0.3 is 25.8 Å². The Hall–Kier alpha value is -2.12. The van der Waals surface area contributed by atoms with Gasteiger partial charge in [0.15, 0.2) is 5.96 Å². The highest BCUT2D eigenvalue weighted by molar-refractivity contribution is 5.94. The molecule has 0 aromatic heterocycles. The number of guanidine groups is 1. The molecular weight excluding hydrogens is 308 g/mol. The third kappa shape index (κ3) is 5.50. The van der Waals surface area contributed by atoms with E-state index in [1.807, 2.05) is 30.3 Å². The van der Waals surface area contributed by atoms with E-state index in [-0.39, 0.29) is 24.5 Å². The Bertz CT molecular complexity index is 542. The molecular formula is C17H26N4O3. The van der Waals surface area contributed by atoms with Crippen LogP contribution in [0.25, 0.3) is 0 Å². The Morgan fingerprint density at radius 1 is 1.33 bits per heavy atom. The highest BCUT2D eigenvalue weighted by Crippen LogP contribution is 2.31. The SMILES string of the molecule is CN=C(NCC(=O)Nc1ccccc1)NCC1(CCO)CCOC1. The summed E-state index contributed by atoms with van der Waals surface area (Å²) in [7, 11) is 1.66. The minimum absolute atomic E-state index is 0.0708. The van der Waals surface area contributed by atoms with Crippen LogP contribution in [0.4, 0.5) is 5.69 Å². The maximum absolute atomic E-state index is 11.9. The number of carbonyl (C=O) groups excluding carboxylic acids is 1. The van der Waals surface area contributed by atoms with E-state index in [1.165, 1.54) is 0 Å². The van der Waals surface area contributed by atoms with Crippen LogP contribution < -0.4 is 16.0 Å². The molecule has 0 radical (unpaired) electrons. The van der Waals surface area contributed by atoms with E-state index in [9.17, 15) is 9.90 Å². The molecule has 1 aromatic carbocycles. The highest BCUT2D eigenvalue weighted by Gasteiger charge is 2.34. The highest BCUT2D eigenvalue weighted by atomic mass is 16.5. The van der Waals surface area contributed by atoms with E-state index >= 15 is 0 Å². The first-order valence-electron chi connectivity index (χ1n) is 8.15. The number of anilines is 1. The van der Waals surface area contributed by atoms with Crippen molar-refractivity contribution >= 4 is 17.6 Å². The van der Waals surface area contributed by atoms with Crippen molar-refractivity contribution < 1.29 is 14.6 Å². The van der Waals surface area contributed by atoms with Gasteiger partial charge in [0, 0.05) is 37.9 Å². The van der Waals surface area contributed by atoms with Crippen molar-refractivity contribution in [2.24, 2.45) is 10.4 Å². The zero-order valence-electron chi connectivity index (χ0n) is 14.0. The van der Waals surface area contributed by atoms with Gasteiger partial charge in [0.2, 0.25) is 5.91 Å². The number of nitrogens with zero attached hydrogens (tertiary/aromatic N) is 1. The molecule has 1 aliphatic heterocycles. The summed E-state index contributed by atoms with van der Waals surface area (Å²) in [4.78, 5) is 16.1. The fourth-order valence-electron chi connectivity index (χ4n) is 2.69. The van der Waals surface area contributed by atoms with Gasteiger partial charge in [-0.3, -0.25) is 9.79 Å². The van der Waals surface area contributed by atoms with Crippen molar-refractivity contribution in [2.45, 2.75) is 12.8 Å². The monoisotopic (exact) mass is 334 g/mol. The number of amides is 1. The quantitative estimate of drug-likeness (QED) is 0.432. The van der Waals surface area contributed by atoms with Crippen molar-refractivity contribution in [1.82, 2.24) is 10.6 Å². The Labute approximate surface area is 142 Å². The molecule has 1 heterocycles. The Kier molecular flexibility index (Phi) is 7.02. The minimum Gasteiger partial charge on any atom is -0.396 e. The van der Waals surface area contributed by atoms with Crippen LogP contribution >= 0.6 is 0 Å². The zero-order valence-corrected chi connectivity index (χ0v) is 14.0. The van der Waals surface area contributed by atoms with Gasteiger partial charge in [-0.2, -0.15) is 0 Å². The van der Waals surface area contributed by atoms with Crippen molar-refractivity contribution in [2.75, 3.05) is 45.3 Å². The first-order chi connectivity index (χ1) is 11.7. The second-order valence-electron chi connectivity index (χ2n) is 5.97. The Morgan fingerprint density at radius 2 is 2.12 bits per heavy atom. The molecule has 0 bridgehead atoms. The largest absolute Gasteiger partial charge is 0.396 e. The van der Waals surface area contributed by atoms with Crippen LogP contribution in [-0.4, -0.2) is 56.9 Å². The standard InChI is InChI=1S/C17H26N4O3/c1-18-16(20-12-17(7-9-22)8-10-24-13-17)19-11-15(23)21-14-5-3-2-4-6-14/h2-6,22H,7-13H2,1H3,(H,21,23)(H2,18,19,20). The fourth-order valence-corrected chi connectivity index (χ4v) is 2.69. The molecule has 1 aromatic rings. The lowest BCUT2D eigenvalue weighted by Crippen LogP contribution is -2.46. The summed E-state index contributed by atoms with van der Waals surface area (Å²) in [6, 6.07) is 9.31. The molecule has 2 rings (SSSR count). The molecule has 0 saturated carbocycles. The number of aliphatic hydroxyl groups excluding tert-OH is 1. The van der Waals surface area contributed by atoms with Crippen LogP contribution in [-0.2, 0) is 9.53 Å². The maximum Gasteiger partial charge on any atom is 0.243 e. The van der Waals surface area contributed by atoms with Gasteiger partial charge >= 0.3 is 0 Å². The van der Waals surface area contributed by atoms with E-state index in [0.717, 1.165) is 12.1 Å². The van der Waals surface area contributed by atoms with Crippen LogP contribution in [0.3, 0.4) is 0 Å². The molecule has 1 atom stereocenters. The topological polar surface area (TPSA) is 95.0 Å². The van der Waals surface area contributed by atoms with E-state index in [4.69, 9.17) is 4.74 Å². The minimum atomic E-state index is -0.140. The molecule has 132 valence electrons. The lowest BCUT2D eigenvalue weighted by molar-refractivity contribution is -0.115. The number of nitrogens with one attached hydrogen (secondary N) is 3. The summed E-state index contributed by atoms with van der Waals surface area (Å²) >= 11 is 0. The molecule has 1 amide bonds. The summed E-state index contributed by atoms with van der Waals surface area (Å²) in [6.45, 7) is 2.25. The van der Waals surface area contributed by atoms with Crippen LogP contribution in [0.2, 0.25) is 0 Å². The van der Waals surface area contributed by atoms with E-state index in [1.54, 1.807) is 7.05 Å². The second kappa shape index (κ2) is 9.24. The van der Waals surface area contributed by atoms with Gasteiger partial charge in [-0.1, -0.05) is 18.2 Å². The predicted octanol–water partition coefficient (Wildman–Crippen LogP) is 0.579. The van der Waals surface area contributed by atoms with E-state index < -0.39 is 0 Å². The summed E-state index contributed by atoms with van der Waals surface area (Å²) in [5.74, 6) is 0.417. The molecule has 4 N–H and O–H groups in total. The third-order valence-corrected chi connectivity index (χ3v) is 4.16. The number of ether oxygens (including phenoxy) is 1. The lowest BCUT2D eigenvalue weighted by atomic mass is 9.84. The zero-order chi connectivity index (χ0) is 17.3. The molecule has 0 spiro atoms.